The molecule has 3 aromatic carbocycles. The minimum Gasteiger partial charge on any atom is -0.503 e. The van der Waals surface area contributed by atoms with Crippen molar-refractivity contribution in [1.29, 1.82) is 0 Å². The van der Waals surface area contributed by atoms with Gasteiger partial charge in [0.1, 0.15) is 17.4 Å². The van der Waals surface area contributed by atoms with Crippen LogP contribution in [0.5, 0.6) is 0 Å². The molecule has 5 aromatic rings. The van der Waals surface area contributed by atoms with Gasteiger partial charge in [0.2, 0.25) is 10.9 Å². The number of thioether (sulfide) groups is 1. The number of carbonyl (C=O) groups excluding carboxylic acids is 2. The molecule has 0 bridgehead atoms. The van der Waals surface area contributed by atoms with E-state index in [9.17, 15) is 14.7 Å². The Hall–Kier alpha value is -3.70. The number of benzene rings is 3. The summed E-state index contributed by atoms with van der Waals surface area (Å²) in [6.45, 7) is 0. The van der Waals surface area contributed by atoms with E-state index in [1.165, 1.54) is 36.0 Å². The van der Waals surface area contributed by atoms with Crippen molar-refractivity contribution < 1.29 is 23.5 Å². The maximum absolute atomic E-state index is 15.1. The Morgan fingerprint density at radius 3 is 2.62 bits per heavy atom. The molecule has 0 fully saturated rings. The number of hydrogen-bond donors (Lipinski definition) is 1. The number of aliphatic hydroxyl groups excluding tert-OH is 1. The van der Waals surface area contributed by atoms with Crippen molar-refractivity contribution in [2.24, 2.45) is 0 Å². The van der Waals surface area contributed by atoms with Gasteiger partial charge in [-0.2, -0.15) is 0 Å². The zero-order valence-electron chi connectivity index (χ0n) is 20.2. The smallest absolute Gasteiger partial charge is 0.296 e. The lowest BCUT2D eigenvalue weighted by Crippen LogP contribution is -2.31. The van der Waals surface area contributed by atoms with Crippen molar-refractivity contribution in [3.63, 3.8) is 0 Å². The summed E-state index contributed by atoms with van der Waals surface area (Å²) in [5.41, 5.74) is 0.983. The number of fused-ring (bicyclic) bond motifs is 1. The van der Waals surface area contributed by atoms with E-state index in [0.717, 1.165) is 21.8 Å². The molecule has 1 aliphatic rings. The maximum atomic E-state index is 15.1. The van der Waals surface area contributed by atoms with Crippen LogP contribution in [-0.2, 0) is 10.5 Å². The Morgan fingerprint density at radius 2 is 1.85 bits per heavy atom. The third-order valence-corrected chi connectivity index (χ3v) is 8.96. The first kappa shape index (κ1) is 26.5. The van der Waals surface area contributed by atoms with Gasteiger partial charge in [-0.1, -0.05) is 88.8 Å². The zero-order chi connectivity index (χ0) is 28.0. The van der Waals surface area contributed by atoms with Crippen molar-refractivity contribution in [3.8, 4) is 0 Å². The summed E-state index contributed by atoms with van der Waals surface area (Å²) >= 11 is 14.6. The number of hydrogen-bond acceptors (Lipinski definition) is 8. The highest BCUT2D eigenvalue weighted by Crippen LogP contribution is 2.45. The number of aromatic nitrogens is 2. The fourth-order valence-electron chi connectivity index (χ4n) is 4.39. The SMILES string of the molecule is O=C(C1=C(O)C(=O)N(c2nnc(SCc3ccc(Cl)cc3Cl)s2)C1c1ccccc1F)c1cc2ccccc2o1. The second-order valence-electron chi connectivity index (χ2n) is 8.71. The van der Waals surface area contributed by atoms with Gasteiger partial charge < -0.3 is 9.52 Å². The number of furan rings is 1. The predicted octanol–water partition coefficient (Wildman–Crippen LogP) is 7.81. The van der Waals surface area contributed by atoms with E-state index >= 15 is 4.39 Å². The first-order valence-electron chi connectivity index (χ1n) is 11.8. The van der Waals surface area contributed by atoms with E-state index in [2.05, 4.69) is 10.2 Å². The largest absolute Gasteiger partial charge is 0.503 e. The predicted molar refractivity (Wildman–Crippen MR) is 153 cm³/mol. The van der Waals surface area contributed by atoms with Gasteiger partial charge in [-0.15, -0.1) is 10.2 Å². The van der Waals surface area contributed by atoms with Gasteiger partial charge in [-0.25, -0.2) is 4.39 Å². The molecular weight excluding hydrogens is 596 g/mol. The molecule has 1 N–H and O–H groups in total. The van der Waals surface area contributed by atoms with Gasteiger partial charge in [0.25, 0.3) is 5.91 Å². The molecule has 1 aliphatic heterocycles. The number of halogens is 3. The van der Waals surface area contributed by atoms with Crippen molar-refractivity contribution >= 4 is 74.1 Å². The van der Waals surface area contributed by atoms with Gasteiger partial charge >= 0.3 is 0 Å². The summed E-state index contributed by atoms with van der Waals surface area (Å²) in [6, 6.07) is 18.1. The third kappa shape index (κ3) is 4.77. The number of amides is 1. The fraction of sp³-hybridized carbons (Fsp3) is 0.0714. The molecule has 40 heavy (non-hydrogen) atoms. The topological polar surface area (TPSA) is 96.5 Å². The standard InChI is InChI=1S/C28H16Cl2FN3O4S2/c29-16-10-9-15(18(30)12-16)13-39-28-33-32-27(40-28)34-23(17-6-2-3-7-19(17)31)22(25(36)26(34)37)24(35)21-11-14-5-1-4-8-20(14)38-21/h1-12,23,36H,13H2. The summed E-state index contributed by atoms with van der Waals surface area (Å²) in [7, 11) is 0. The van der Waals surface area contributed by atoms with Crippen LogP contribution in [0, 0.1) is 5.82 Å². The first-order valence-corrected chi connectivity index (χ1v) is 14.3. The van der Waals surface area contributed by atoms with Crippen LogP contribution in [0.15, 0.2) is 92.9 Å². The number of Topliss-reactive ketones (excluding diaryl/α,β-unsaturated/α-hetero) is 1. The third-order valence-electron chi connectivity index (χ3n) is 6.27. The summed E-state index contributed by atoms with van der Waals surface area (Å²) in [4.78, 5) is 28.2. The number of para-hydroxylation sites is 1. The first-order chi connectivity index (χ1) is 19.3. The minimum atomic E-state index is -1.30. The van der Waals surface area contributed by atoms with Gasteiger partial charge in [0, 0.05) is 26.7 Å². The molecule has 0 saturated carbocycles. The number of rotatable bonds is 7. The molecule has 1 amide bonds. The van der Waals surface area contributed by atoms with Crippen LogP contribution in [-0.4, -0.2) is 27.0 Å². The van der Waals surface area contributed by atoms with E-state index in [4.69, 9.17) is 27.6 Å². The normalized spacial score (nSPS) is 15.4. The van der Waals surface area contributed by atoms with E-state index in [0.29, 0.717) is 31.1 Å². The number of nitrogens with zero attached hydrogens (tertiary/aromatic N) is 3. The summed E-state index contributed by atoms with van der Waals surface area (Å²) in [5, 5.41) is 21.0. The molecule has 6 rings (SSSR count). The Morgan fingerprint density at radius 1 is 1.07 bits per heavy atom. The van der Waals surface area contributed by atoms with Crippen molar-refractivity contribution in [2.45, 2.75) is 16.1 Å². The maximum Gasteiger partial charge on any atom is 0.296 e. The Balaban J connectivity index is 1.36. The lowest BCUT2D eigenvalue weighted by Gasteiger charge is -2.24. The van der Waals surface area contributed by atoms with E-state index in [1.807, 2.05) is 0 Å². The molecule has 1 unspecified atom stereocenters. The van der Waals surface area contributed by atoms with E-state index in [-0.39, 0.29) is 22.0 Å². The van der Waals surface area contributed by atoms with Crippen LogP contribution in [0.1, 0.15) is 27.7 Å². The molecule has 200 valence electrons. The van der Waals surface area contributed by atoms with Crippen molar-refractivity contribution in [2.75, 3.05) is 4.90 Å². The summed E-state index contributed by atoms with van der Waals surface area (Å²) in [5.74, 6) is -2.75. The highest BCUT2D eigenvalue weighted by atomic mass is 35.5. The molecule has 0 radical (unpaired) electrons. The van der Waals surface area contributed by atoms with Crippen LogP contribution >= 0.6 is 46.3 Å². The molecule has 12 heteroatoms. The van der Waals surface area contributed by atoms with E-state index < -0.39 is 29.3 Å². The second-order valence-corrected chi connectivity index (χ2v) is 11.7. The van der Waals surface area contributed by atoms with Crippen LogP contribution in [0.25, 0.3) is 11.0 Å². The molecule has 0 spiro atoms. The second kappa shape index (κ2) is 10.7. The molecule has 0 saturated heterocycles. The van der Waals surface area contributed by atoms with Crippen LogP contribution in [0.3, 0.4) is 0 Å². The molecular formula is C28H16Cl2FN3O4S2. The highest BCUT2D eigenvalue weighted by Gasteiger charge is 2.47. The monoisotopic (exact) mass is 611 g/mol. The van der Waals surface area contributed by atoms with Crippen LogP contribution in [0.2, 0.25) is 10.0 Å². The minimum absolute atomic E-state index is 0.0108. The molecule has 7 nitrogen and oxygen atoms in total. The molecule has 1 atom stereocenters. The lowest BCUT2D eigenvalue weighted by molar-refractivity contribution is -0.117. The van der Waals surface area contributed by atoms with Crippen LogP contribution < -0.4 is 4.90 Å². The molecule has 3 heterocycles. The summed E-state index contributed by atoms with van der Waals surface area (Å²) in [6.07, 6.45) is 0. The van der Waals surface area contributed by atoms with Gasteiger partial charge in [-0.05, 0) is 35.9 Å². The average Bonchev–Trinajstić information content (AvgIpc) is 3.65. The van der Waals surface area contributed by atoms with Crippen molar-refractivity contribution in [1.82, 2.24) is 10.2 Å². The quantitative estimate of drug-likeness (QED) is 0.114. The molecule has 0 aliphatic carbocycles. The Labute approximate surface area is 244 Å². The van der Waals surface area contributed by atoms with Crippen molar-refractivity contribution in [3.05, 3.63) is 117 Å². The lowest BCUT2D eigenvalue weighted by atomic mass is 9.95. The zero-order valence-corrected chi connectivity index (χ0v) is 23.3. The Kier molecular flexibility index (Phi) is 7.09. The highest BCUT2D eigenvalue weighted by molar-refractivity contribution is 8.00. The Bertz CT molecular complexity index is 1800. The van der Waals surface area contributed by atoms with Gasteiger partial charge in [-0.3, -0.25) is 14.5 Å². The number of ketones is 1. The summed E-state index contributed by atoms with van der Waals surface area (Å²) < 4.78 is 21.3. The van der Waals surface area contributed by atoms with Gasteiger partial charge in [0.05, 0.1) is 5.57 Å². The van der Waals surface area contributed by atoms with E-state index in [1.54, 1.807) is 48.5 Å². The fourth-order valence-corrected chi connectivity index (χ4v) is 6.81. The van der Waals surface area contributed by atoms with Gasteiger partial charge in [0.15, 0.2) is 15.9 Å². The average molecular weight is 612 g/mol. The van der Waals surface area contributed by atoms with Crippen LogP contribution in [0.4, 0.5) is 9.52 Å². The number of carbonyl (C=O) groups is 2. The molecule has 2 aromatic heterocycles. The number of aliphatic hydroxyl groups is 1. The number of anilines is 1.